The van der Waals surface area contributed by atoms with Crippen molar-refractivity contribution >= 4 is 23.2 Å². The zero-order valence-electron chi connectivity index (χ0n) is 23.4. The molecule has 214 valence electrons. The molecule has 0 aromatic carbocycles. The fourth-order valence-electron chi connectivity index (χ4n) is 5.86. The lowest BCUT2D eigenvalue weighted by molar-refractivity contribution is -0.148. The number of hydrogen-bond donors (Lipinski definition) is 4. The van der Waals surface area contributed by atoms with E-state index in [1.54, 1.807) is 19.4 Å². The molecule has 4 aromatic heterocycles. The summed E-state index contributed by atoms with van der Waals surface area (Å²) in [6.07, 6.45) is 7.76. The van der Waals surface area contributed by atoms with Gasteiger partial charge in [0.05, 0.1) is 24.1 Å². The molecule has 6 rings (SSSR count). The van der Waals surface area contributed by atoms with Gasteiger partial charge in [0.15, 0.2) is 17.5 Å². The highest BCUT2D eigenvalue weighted by Gasteiger charge is 2.43. The average Bonchev–Trinajstić information content (AvgIpc) is 3.74. The van der Waals surface area contributed by atoms with E-state index in [0.717, 1.165) is 66.3 Å². The van der Waals surface area contributed by atoms with Crippen LogP contribution >= 0.6 is 0 Å². The van der Waals surface area contributed by atoms with E-state index in [9.17, 15) is 9.18 Å². The van der Waals surface area contributed by atoms with Crippen LogP contribution in [0.1, 0.15) is 67.1 Å². The number of aromatic nitrogens is 6. The second-order valence-electron chi connectivity index (χ2n) is 10.9. The fourth-order valence-corrected chi connectivity index (χ4v) is 5.86. The Morgan fingerprint density at radius 3 is 2.71 bits per heavy atom. The molecule has 4 N–H and O–H groups in total. The highest BCUT2D eigenvalue weighted by atomic mass is 19.1. The zero-order chi connectivity index (χ0) is 28.6. The van der Waals surface area contributed by atoms with Crippen LogP contribution in [0.3, 0.4) is 0 Å². The number of aryl methyl sites for hydroxylation is 1. The number of anilines is 3. The van der Waals surface area contributed by atoms with Crippen molar-refractivity contribution in [2.24, 2.45) is 0 Å². The lowest BCUT2D eigenvalue weighted by atomic mass is 9.75. The predicted octanol–water partition coefficient (Wildman–Crippen LogP) is 4.46. The molecular weight excluding hydrogens is 525 g/mol. The monoisotopic (exact) mass is 559 g/mol. The van der Waals surface area contributed by atoms with E-state index in [1.165, 1.54) is 16.4 Å². The summed E-state index contributed by atoms with van der Waals surface area (Å²) in [6.45, 7) is 4.76. The molecule has 0 saturated heterocycles. The lowest BCUT2D eigenvalue weighted by Gasteiger charge is -2.38. The summed E-state index contributed by atoms with van der Waals surface area (Å²) in [5.74, 6) is 1.65. The van der Waals surface area contributed by atoms with Crippen LogP contribution in [0.25, 0.3) is 5.82 Å². The molecular formula is C29H34FN9O2. The maximum atomic E-state index is 13.6. The van der Waals surface area contributed by atoms with Crippen LogP contribution < -0.4 is 16.0 Å². The van der Waals surface area contributed by atoms with Gasteiger partial charge in [-0.15, -0.1) is 0 Å². The Labute approximate surface area is 237 Å². The molecule has 1 saturated carbocycles. The number of ether oxygens (including phenoxy) is 1. The molecule has 5 heterocycles. The van der Waals surface area contributed by atoms with Crippen molar-refractivity contribution in [3.05, 3.63) is 71.2 Å². The standard InChI is InChI=1S/C29H34FN9O2/c1-17-12-25(38-37-17)35-24-13-23-22(8-11-31-23)27(36-24)19-6-9-29(41-3,10-7-19)28(40)34-18(2)20-4-5-26(32-14-20)39-16-21(30)15-33-39/h4-5,12-16,18-19,31H,6-11H2,1-3H3,(H,34,40)(H2,35,36,37,38)/t18-,19-,29+/m0/s1. The molecule has 0 unspecified atom stereocenters. The molecule has 1 amide bonds. The minimum Gasteiger partial charge on any atom is -0.384 e. The number of rotatable bonds is 8. The number of carbonyl (C=O) groups excluding carboxylic acids is 1. The Bertz CT molecular complexity index is 1540. The summed E-state index contributed by atoms with van der Waals surface area (Å²) in [6, 6.07) is 7.31. The van der Waals surface area contributed by atoms with Crippen LogP contribution in [0.4, 0.5) is 21.7 Å². The highest BCUT2D eigenvalue weighted by molar-refractivity contribution is 5.85. The van der Waals surface area contributed by atoms with E-state index in [4.69, 9.17) is 9.72 Å². The number of nitrogens with zero attached hydrogens (tertiary/aromatic N) is 5. The normalized spacial score (nSPS) is 20.7. The van der Waals surface area contributed by atoms with Gasteiger partial charge < -0.3 is 20.7 Å². The topological polar surface area (TPSA) is 135 Å². The van der Waals surface area contributed by atoms with Gasteiger partial charge in [-0.05, 0) is 63.1 Å². The summed E-state index contributed by atoms with van der Waals surface area (Å²) in [5.41, 5.74) is 4.35. The molecule has 12 heteroatoms. The van der Waals surface area contributed by atoms with Crippen molar-refractivity contribution in [2.75, 3.05) is 24.3 Å². The van der Waals surface area contributed by atoms with Gasteiger partial charge in [-0.2, -0.15) is 10.2 Å². The first kappa shape index (κ1) is 26.9. The van der Waals surface area contributed by atoms with Gasteiger partial charge in [0, 0.05) is 49.3 Å². The largest absolute Gasteiger partial charge is 0.384 e. The first-order valence-corrected chi connectivity index (χ1v) is 13.9. The van der Waals surface area contributed by atoms with Gasteiger partial charge in [-0.1, -0.05) is 6.07 Å². The van der Waals surface area contributed by atoms with E-state index in [-0.39, 0.29) is 17.9 Å². The molecule has 1 fully saturated rings. The van der Waals surface area contributed by atoms with Gasteiger partial charge in [-0.3, -0.25) is 9.89 Å². The van der Waals surface area contributed by atoms with E-state index >= 15 is 0 Å². The molecule has 0 spiro atoms. The summed E-state index contributed by atoms with van der Waals surface area (Å²) in [5, 5.41) is 21.1. The van der Waals surface area contributed by atoms with E-state index in [2.05, 4.69) is 36.2 Å². The molecule has 11 nitrogen and oxygen atoms in total. The van der Waals surface area contributed by atoms with Crippen molar-refractivity contribution in [1.29, 1.82) is 0 Å². The number of hydrogen-bond acceptors (Lipinski definition) is 8. The Balaban J connectivity index is 1.13. The quantitative estimate of drug-likeness (QED) is 0.249. The van der Waals surface area contributed by atoms with Crippen LogP contribution in [0.5, 0.6) is 0 Å². The molecule has 1 atom stereocenters. The molecule has 4 aromatic rings. The molecule has 41 heavy (non-hydrogen) atoms. The summed E-state index contributed by atoms with van der Waals surface area (Å²) < 4.78 is 20.6. The van der Waals surface area contributed by atoms with Crippen molar-refractivity contribution in [3.63, 3.8) is 0 Å². The van der Waals surface area contributed by atoms with E-state index in [1.807, 2.05) is 32.0 Å². The third kappa shape index (κ3) is 5.39. The van der Waals surface area contributed by atoms with E-state index in [0.29, 0.717) is 18.7 Å². The van der Waals surface area contributed by atoms with E-state index < -0.39 is 11.4 Å². The van der Waals surface area contributed by atoms with Crippen molar-refractivity contribution < 1.29 is 13.9 Å². The van der Waals surface area contributed by atoms with Gasteiger partial charge in [-0.25, -0.2) is 19.0 Å². The Hall–Kier alpha value is -4.32. The third-order valence-corrected chi connectivity index (χ3v) is 8.20. The number of aromatic amines is 1. The molecule has 0 bridgehead atoms. The predicted molar refractivity (Wildman–Crippen MR) is 152 cm³/mol. The zero-order valence-corrected chi connectivity index (χ0v) is 23.4. The van der Waals surface area contributed by atoms with Gasteiger partial charge in [0.25, 0.3) is 5.91 Å². The van der Waals surface area contributed by atoms with Crippen LogP contribution in [-0.2, 0) is 16.0 Å². The van der Waals surface area contributed by atoms with Crippen LogP contribution in [0, 0.1) is 12.7 Å². The third-order valence-electron chi connectivity index (χ3n) is 8.20. The molecule has 1 aliphatic heterocycles. The summed E-state index contributed by atoms with van der Waals surface area (Å²) >= 11 is 0. The minimum atomic E-state index is -0.908. The Morgan fingerprint density at radius 2 is 2.05 bits per heavy atom. The number of halogens is 1. The van der Waals surface area contributed by atoms with Crippen LogP contribution in [0.15, 0.2) is 42.9 Å². The maximum Gasteiger partial charge on any atom is 0.252 e. The second kappa shape index (κ2) is 10.9. The van der Waals surface area contributed by atoms with Gasteiger partial charge in [0.1, 0.15) is 11.4 Å². The Morgan fingerprint density at radius 1 is 1.22 bits per heavy atom. The van der Waals surface area contributed by atoms with Gasteiger partial charge >= 0.3 is 0 Å². The van der Waals surface area contributed by atoms with Crippen molar-refractivity contribution in [1.82, 2.24) is 35.3 Å². The number of amides is 1. The number of nitrogens with one attached hydrogen (secondary N) is 4. The number of fused-ring (bicyclic) bond motifs is 1. The number of carbonyl (C=O) groups is 1. The summed E-state index contributed by atoms with van der Waals surface area (Å²) in [4.78, 5) is 23.0. The smallest absolute Gasteiger partial charge is 0.252 e. The van der Waals surface area contributed by atoms with Crippen molar-refractivity contribution in [2.45, 2.75) is 63.5 Å². The molecule has 0 radical (unpaired) electrons. The average molecular weight is 560 g/mol. The number of H-pyrrole nitrogens is 1. The minimum absolute atomic E-state index is 0.131. The second-order valence-corrected chi connectivity index (χ2v) is 10.9. The molecule has 2 aliphatic rings. The fraction of sp³-hybridized carbons (Fsp3) is 0.414. The number of methoxy groups -OCH3 is 1. The highest BCUT2D eigenvalue weighted by Crippen LogP contribution is 2.43. The first-order valence-electron chi connectivity index (χ1n) is 13.9. The van der Waals surface area contributed by atoms with Crippen molar-refractivity contribution in [3.8, 4) is 5.82 Å². The van der Waals surface area contributed by atoms with Crippen LogP contribution in [0.2, 0.25) is 0 Å². The molecule has 1 aliphatic carbocycles. The number of pyridine rings is 2. The Kier molecular flexibility index (Phi) is 7.16. The first-order chi connectivity index (χ1) is 19.8. The summed E-state index contributed by atoms with van der Waals surface area (Å²) in [7, 11) is 1.61. The van der Waals surface area contributed by atoms with Crippen LogP contribution in [-0.4, -0.2) is 55.1 Å². The lowest BCUT2D eigenvalue weighted by Crippen LogP contribution is -2.50. The maximum absolute atomic E-state index is 13.6. The van der Waals surface area contributed by atoms with Gasteiger partial charge in [0.2, 0.25) is 0 Å². The SMILES string of the molecule is CO[C@]1(C(=O)N[C@@H](C)c2ccc(-n3cc(F)cn3)nc2)CC[C@H](c2nc(Nc3cc(C)[nH]n3)cc3c2CCN3)CC1.